The van der Waals surface area contributed by atoms with E-state index in [-0.39, 0.29) is 23.2 Å². The third kappa shape index (κ3) is 4.97. The smallest absolute Gasteiger partial charge is 0.261 e. The molecule has 2 amide bonds. The van der Waals surface area contributed by atoms with Gasteiger partial charge < -0.3 is 19.5 Å². The highest BCUT2D eigenvalue weighted by atomic mass is 32.1. The van der Waals surface area contributed by atoms with E-state index in [1.54, 1.807) is 50.2 Å². The number of thiophene rings is 1. The summed E-state index contributed by atoms with van der Waals surface area (Å²) < 4.78 is 22.5. The number of halogens is 1. The van der Waals surface area contributed by atoms with Gasteiger partial charge >= 0.3 is 0 Å². The predicted molar refractivity (Wildman–Crippen MR) is 153 cm³/mol. The number of carbonyl (C=O) groups excluding carboxylic acids is 2. The van der Waals surface area contributed by atoms with Gasteiger partial charge in [-0.15, -0.1) is 11.3 Å². The molecule has 4 aromatic rings. The molecule has 0 spiro atoms. The van der Waals surface area contributed by atoms with Crippen molar-refractivity contribution >= 4 is 38.9 Å². The molecular formula is C30H28FN3O4S. The summed E-state index contributed by atoms with van der Waals surface area (Å²) in [7, 11) is 1.66. The second kappa shape index (κ2) is 10.5. The number of anilines is 1. The van der Waals surface area contributed by atoms with Crippen molar-refractivity contribution in [1.82, 2.24) is 9.88 Å². The molecule has 3 heterocycles. The van der Waals surface area contributed by atoms with Crippen LogP contribution in [0.5, 0.6) is 11.5 Å². The summed E-state index contributed by atoms with van der Waals surface area (Å²) in [5, 5.41) is 3.21. The van der Waals surface area contributed by atoms with Crippen LogP contribution in [0.3, 0.4) is 0 Å². The number of pyridine rings is 1. The van der Waals surface area contributed by atoms with Crippen LogP contribution < -0.4 is 20.5 Å². The maximum atomic E-state index is 14.0. The number of ether oxygens (including phenoxy) is 1. The number of rotatable bonds is 6. The molecule has 0 atom stereocenters. The Hall–Kier alpha value is -4.24. The largest absolute Gasteiger partial charge is 0.456 e. The third-order valence-electron chi connectivity index (χ3n) is 6.66. The van der Waals surface area contributed by atoms with Crippen molar-refractivity contribution in [1.29, 1.82) is 0 Å². The van der Waals surface area contributed by atoms with Gasteiger partial charge in [-0.2, -0.15) is 0 Å². The van der Waals surface area contributed by atoms with Crippen molar-refractivity contribution in [3.8, 4) is 22.6 Å². The zero-order valence-electron chi connectivity index (χ0n) is 22.1. The van der Waals surface area contributed by atoms with Crippen LogP contribution in [0, 0.1) is 19.7 Å². The van der Waals surface area contributed by atoms with Crippen LogP contribution in [0.25, 0.3) is 21.2 Å². The van der Waals surface area contributed by atoms with E-state index >= 15 is 0 Å². The van der Waals surface area contributed by atoms with Crippen LogP contribution in [-0.2, 0) is 11.8 Å². The molecule has 0 saturated carbocycles. The summed E-state index contributed by atoms with van der Waals surface area (Å²) in [6, 6.07) is 9.92. The monoisotopic (exact) mass is 545 g/mol. The first-order chi connectivity index (χ1) is 18.7. The number of nitrogens with one attached hydrogen (secondary N) is 1. The van der Waals surface area contributed by atoms with Gasteiger partial charge in [0.05, 0.1) is 15.0 Å². The minimum absolute atomic E-state index is 0.119. The molecule has 0 aliphatic carbocycles. The number of nitrogens with zero attached hydrogens (tertiary/aromatic N) is 2. The minimum Gasteiger partial charge on any atom is -0.456 e. The van der Waals surface area contributed by atoms with Crippen molar-refractivity contribution in [2.75, 3.05) is 18.0 Å². The number of amides is 2. The maximum Gasteiger partial charge on any atom is 0.261 e. The molecule has 0 saturated heterocycles. The Morgan fingerprint density at radius 2 is 1.85 bits per heavy atom. The van der Waals surface area contributed by atoms with Gasteiger partial charge in [-0.05, 0) is 80.8 Å². The molecule has 0 unspecified atom stereocenters. The summed E-state index contributed by atoms with van der Waals surface area (Å²) in [4.78, 5) is 40.5. The average Bonchev–Trinajstić information content (AvgIpc) is 3.35. The molecule has 0 radical (unpaired) electrons. The number of fused-ring (bicyclic) bond motifs is 1. The fourth-order valence-electron chi connectivity index (χ4n) is 4.80. The van der Waals surface area contributed by atoms with Crippen molar-refractivity contribution in [2.45, 2.75) is 27.2 Å². The Bertz CT molecular complexity index is 1700. The first-order valence-electron chi connectivity index (χ1n) is 12.7. The average molecular weight is 546 g/mol. The Balaban J connectivity index is 1.75. The fraction of sp³-hybridized carbons (Fsp3) is 0.233. The summed E-state index contributed by atoms with van der Waals surface area (Å²) in [6.45, 7) is 6.39. The summed E-state index contributed by atoms with van der Waals surface area (Å²) in [5.41, 5.74) is 3.06. The minimum atomic E-state index is -0.346. The maximum absolute atomic E-state index is 14.0. The van der Waals surface area contributed by atoms with Gasteiger partial charge in [0, 0.05) is 43.1 Å². The number of carbonyl (C=O) groups is 2. The van der Waals surface area contributed by atoms with E-state index in [9.17, 15) is 18.8 Å². The highest BCUT2D eigenvalue weighted by Crippen LogP contribution is 2.42. The van der Waals surface area contributed by atoms with E-state index in [1.807, 2.05) is 25.1 Å². The van der Waals surface area contributed by atoms with Gasteiger partial charge in [-0.25, -0.2) is 4.39 Å². The van der Waals surface area contributed by atoms with Crippen molar-refractivity contribution in [2.24, 2.45) is 7.05 Å². The Morgan fingerprint density at radius 3 is 2.54 bits per heavy atom. The van der Waals surface area contributed by atoms with Gasteiger partial charge in [-0.3, -0.25) is 14.4 Å². The SMILES string of the molecule is CCNC(=O)c1cc2c(=O)n(C)cc(-c3cc(N4CCC=CC4=O)ccc3Oc3c(C)cc(F)cc3C)c2s1. The Morgan fingerprint density at radius 1 is 1.10 bits per heavy atom. The molecule has 39 heavy (non-hydrogen) atoms. The normalized spacial score (nSPS) is 13.3. The molecule has 0 fully saturated rings. The summed E-state index contributed by atoms with van der Waals surface area (Å²) in [6.07, 6.45) is 5.86. The third-order valence-corrected chi connectivity index (χ3v) is 7.83. The van der Waals surface area contributed by atoms with Crippen LogP contribution in [0.1, 0.15) is 34.1 Å². The molecule has 7 nitrogen and oxygen atoms in total. The molecule has 200 valence electrons. The lowest BCUT2D eigenvalue weighted by Crippen LogP contribution is -2.32. The van der Waals surface area contributed by atoms with Gasteiger partial charge in [0.1, 0.15) is 17.3 Å². The number of aryl methyl sites for hydroxylation is 3. The van der Waals surface area contributed by atoms with Crippen molar-refractivity contribution in [3.05, 3.63) is 86.9 Å². The molecule has 2 aromatic heterocycles. The molecule has 2 aromatic carbocycles. The van der Waals surface area contributed by atoms with Gasteiger partial charge in [-0.1, -0.05) is 6.08 Å². The molecule has 9 heteroatoms. The Kier molecular flexibility index (Phi) is 7.10. The second-order valence-corrected chi connectivity index (χ2v) is 10.6. The first-order valence-corrected chi connectivity index (χ1v) is 13.5. The predicted octanol–water partition coefficient (Wildman–Crippen LogP) is 5.86. The number of benzene rings is 2. The zero-order valence-corrected chi connectivity index (χ0v) is 22.9. The molecule has 5 rings (SSSR count). The lowest BCUT2D eigenvalue weighted by molar-refractivity contribution is -0.114. The van der Waals surface area contributed by atoms with E-state index < -0.39 is 0 Å². The summed E-state index contributed by atoms with van der Waals surface area (Å²) in [5.74, 6) is 0.287. The topological polar surface area (TPSA) is 80.6 Å². The van der Waals surface area contributed by atoms with Gasteiger partial charge in [0.2, 0.25) is 0 Å². The van der Waals surface area contributed by atoms with E-state index in [1.165, 1.54) is 28.0 Å². The second-order valence-electron chi connectivity index (χ2n) is 9.50. The quantitative estimate of drug-likeness (QED) is 0.329. The van der Waals surface area contributed by atoms with Gasteiger partial charge in [0.25, 0.3) is 17.4 Å². The fourth-order valence-corrected chi connectivity index (χ4v) is 5.89. The van der Waals surface area contributed by atoms with Gasteiger partial charge in [0.15, 0.2) is 0 Å². The summed E-state index contributed by atoms with van der Waals surface area (Å²) >= 11 is 1.23. The molecule has 1 N–H and O–H groups in total. The number of aromatic nitrogens is 1. The lowest BCUT2D eigenvalue weighted by Gasteiger charge is -2.25. The highest BCUT2D eigenvalue weighted by Gasteiger charge is 2.23. The first kappa shape index (κ1) is 26.4. The van der Waals surface area contributed by atoms with E-state index in [0.717, 1.165) is 6.42 Å². The van der Waals surface area contributed by atoms with Crippen LogP contribution >= 0.6 is 11.3 Å². The molecule has 1 aliphatic rings. The highest BCUT2D eigenvalue weighted by molar-refractivity contribution is 7.21. The van der Waals surface area contributed by atoms with E-state index in [0.29, 0.717) is 67.5 Å². The molecule has 0 bridgehead atoms. The van der Waals surface area contributed by atoms with Crippen molar-refractivity contribution in [3.63, 3.8) is 0 Å². The zero-order chi connectivity index (χ0) is 27.8. The Labute approximate surface area is 229 Å². The lowest BCUT2D eigenvalue weighted by atomic mass is 10.0. The van der Waals surface area contributed by atoms with Crippen LogP contribution in [-0.4, -0.2) is 29.5 Å². The number of hydrogen-bond acceptors (Lipinski definition) is 5. The standard InChI is InChI=1S/C30H28FN3O4S/c1-5-32-29(36)25-15-22-28(39-25)23(16-33(4)30(22)37)21-14-20(34-11-7-6-8-26(34)35)9-10-24(21)38-27-17(2)12-19(31)13-18(27)3/h6,8-10,12-16H,5,7,11H2,1-4H3,(H,32,36). The number of hydrogen-bond donors (Lipinski definition) is 1. The van der Waals surface area contributed by atoms with Crippen LogP contribution in [0.4, 0.5) is 10.1 Å². The molecule has 1 aliphatic heterocycles. The van der Waals surface area contributed by atoms with E-state index in [2.05, 4.69) is 5.32 Å². The van der Waals surface area contributed by atoms with E-state index in [4.69, 9.17) is 4.74 Å². The molecular weight excluding hydrogens is 517 g/mol. The van der Waals surface area contributed by atoms with Crippen LogP contribution in [0.15, 0.2) is 59.5 Å². The van der Waals surface area contributed by atoms with Crippen molar-refractivity contribution < 1.29 is 18.7 Å². The van der Waals surface area contributed by atoms with Crippen LogP contribution in [0.2, 0.25) is 0 Å².